The summed E-state index contributed by atoms with van der Waals surface area (Å²) < 4.78 is 0. The van der Waals surface area contributed by atoms with Crippen LogP contribution in [-0.2, 0) is 0 Å². The molecule has 3 nitrogen and oxygen atoms in total. The molecule has 4 heteroatoms. The van der Waals surface area contributed by atoms with Gasteiger partial charge in [0.2, 0.25) is 0 Å². The van der Waals surface area contributed by atoms with E-state index in [-0.39, 0.29) is 0 Å². The van der Waals surface area contributed by atoms with Crippen LogP contribution >= 0.6 is 11.8 Å². The molecule has 1 aromatic carbocycles. The van der Waals surface area contributed by atoms with E-state index in [4.69, 9.17) is 4.99 Å². The summed E-state index contributed by atoms with van der Waals surface area (Å²) in [5, 5.41) is 2.32. The highest BCUT2D eigenvalue weighted by molar-refractivity contribution is 8.00. The van der Waals surface area contributed by atoms with E-state index < -0.39 is 0 Å². The van der Waals surface area contributed by atoms with Gasteiger partial charge < -0.3 is 4.90 Å². The summed E-state index contributed by atoms with van der Waals surface area (Å²) in [5.41, 5.74) is 5.15. The van der Waals surface area contributed by atoms with Crippen LogP contribution in [0.4, 0.5) is 5.69 Å². The first kappa shape index (κ1) is 15.0. The van der Waals surface area contributed by atoms with Gasteiger partial charge in [0.1, 0.15) is 0 Å². The van der Waals surface area contributed by atoms with Gasteiger partial charge in [-0.1, -0.05) is 30.4 Å². The van der Waals surface area contributed by atoms with Gasteiger partial charge in [0.25, 0.3) is 0 Å². The third-order valence-corrected chi connectivity index (χ3v) is 6.00. The second-order valence-electron chi connectivity index (χ2n) is 6.63. The third kappa shape index (κ3) is 2.71. The highest BCUT2D eigenvalue weighted by Gasteiger charge is 2.29. The molecule has 1 fully saturated rings. The van der Waals surface area contributed by atoms with Crippen LogP contribution in [0.25, 0.3) is 10.8 Å². The molecule has 1 saturated heterocycles. The van der Waals surface area contributed by atoms with Crippen molar-refractivity contribution in [3.8, 4) is 0 Å². The molecule has 0 amide bonds. The van der Waals surface area contributed by atoms with Gasteiger partial charge in [-0.15, -0.1) is 11.8 Å². The first-order valence-electron chi connectivity index (χ1n) is 8.72. The van der Waals surface area contributed by atoms with Crippen molar-refractivity contribution in [3.63, 3.8) is 0 Å². The summed E-state index contributed by atoms with van der Waals surface area (Å²) in [5.74, 6) is 2.02. The van der Waals surface area contributed by atoms with Crippen molar-refractivity contribution in [1.29, 1.82) is 0 Å². The van der Waals surface area contributed by atoms with E-state index in [0.717, 1.165) is 35.5 Å². The van der Waals surface area contributed by atoms with E-state index in [1.165, 1.54) is 22.2 Å². The second-order valence-corrected chi connectivity index (χ2v) is 7.59. The molecule has 0 spiro atoms. The number of hydrogen-bond acceptors (Lipinski definition) is 4. The first-order valence-corrected chi connectivity index (χ1v) is 9.87. The minimum atomic E-state index is 0.295. The summed E-state index contributed by atoms with van der Waals surface area (Å²) in [6, 6.07) is 8.63. The monoisotopic (exact) mass is 345 g/mol. The van der Waals surface area contributed by atoms with Crippen LogP contribution in [0.1, 0.15) is 12.8 Å². The SMILES string of the molecule is C1=CC2=CN3CSCC(=Nc4cccc5cnccc45)C3C=C2CC1. The Morgan fingerprint density at radius 2 is 2.24 bits per heavy atom. The van der Waals surface area contributed by atoms with E-state index in [1.807, 2.05) is 24.2 Å². The van der Waals surface area contributed by atoms with Crippen LogP contribution in [0.5, 0.6) is 0 Å². The molecule has 2 aliphatic heterocycles. The van der Waals surface area contributed by atoms with Crippen molar-refractivity contribution in [2.75, 3.05) is 11.6 Å². The van der Waals surface area contributed by atoms with Crippen molar-refractivity contribution >= 4 is 33.9 Å². The van der Waals surface area contributed by atoms with Gasteiger partial charge in [0, 0.05) is 35.1 Å². The molecule has 1 aliphatic carbocycles. The smallest absolute Gasteiger partial charge is 0.0875 e. The van der Waals surface area contributed by atoms with Crippen LogP contribution in [-0.4, -0.2) is 33.3 Å². The standard InChI is InChI=1S/C21H19N3S/c1-2-5-17-12-24-14-25-13-20(21(24)10-15(17)4-1)23-19-7-3-6-16-11-22-9-8-18(16)19/h2-3,5-12,21H,1,4,13-14H2. The fourth-order valence-corrected chi connectivity index (χ4v) is 4.74. The van der Waals surface area contributed by atoms with Crippen molar-refractivity contribution in [2.24, 2.45) is 4.99 Å². The Morgan fingerprint density at radius 1 is 1.24 bits per heavy atom. The van der Waals surface area contributed by atoms with E-state index in [1.54, 1.807) is 0 Å². The lowest BCUT2D eigenvalue weighted by Crippen LogP contribution is -2.43. The molecule has 1 unspecified atom stereocenters. The van der Waals surface area contributed by atoms with Gasteiger partial charge in [-0.25, -0.2) is 0 Å². The zero-order valence-corrected chi connectivity index (χ0v) is 14.7. The van der Waals surface area contributed by atoms with Crippen LogP contribution in [0.2, 0.25) is 0 Å². The van der Waals surface area contributed by atoms with Crippen LogP contribution < -0.4 is 0 Å². The molecule has 0 bridgehead atoms. The summed E-state index contributed by atoms with van der Waals surface area (Å²) in [7, 11) is 0. The Hall–Kier alpha value is -2.33. The lowest BCUT2D eigenvalue weighted by molar-refractivity contribution is 0.422. The largest absolute Gasteiger partial charge is 0.356 e. The summed E-state index contributed by atoms with van der Waals surface area (Å²) in [6.45, 7) is 0. The Labute approximate surface area is 151 Å². The van der Waals surface area contributed by atoms with Gasteiger partial charge in [-0.2, -0.15) is 0 Å². The molecule has 3 aliphatic rings. The lowest BCUT2D eigenvalue weighted by Gasteiger charge is -2.38. The fourth-order valence-electron chi connectivity index (χ4n) is 3.75. The van der Waals surface area contributed by atoms with Crippen molar-refractivity contribution in [3.05, 3.63) is 72.2 Å². The normalized spacial score (nSPS) is 23.9. The van der Waals surface area contributed by atoms with Gasteiger partial charge in [0.15, 0.2) is 0 Å². The maximum atomic E-state index is 5.10. The lowest BCUT2D eigenvalue weighted by atomic mass is 9.90. The average molecular weight is 345 g/mol. The molecule has 1 atom stereocenters. The van der Waals surface area contributed by atoms with Crippen LogP contribution in [0.3, 0.4) is 0 Å². The Kier molecular flexibility index (Phi) is 3.71. The predicted octanol–water partition coefficient (Wildman–Crippen LogP) is 4.86. The van der Waals surface area contributed by atoms with Gasteiger partial charge >= 0.3 is 0 Å². The number of thioether (sulfide) groups is 1. The van der Waals surface area contributed by atoms with Gasteiger partial charge in [-0.05, 0) is 36.1 Å². The zero-order chi connectivity index (χ0) is 16.6. The molecule has 0 radical (unpaired) electrons. The predicted molar refractivity (Wildman–Crippen MR) is 106 cm³/mol. The third-order valence-electron chi connectivity index (χ3n) is 5.02. The zero-order valence-electron chi connectivity index (χ0n) is 13.9. The fraction of sp³-hybridized carbons (Fsp3) is 0.238. The number of allylic oxidation sites excluding steroid dienone is 4. The first-order chi connectivity index (χ1) is 12.4. The number of aromatic nitrogens is 1. The highest BCUT2D eigenvalue weighted by Crippen LogP contribution is 2.34. The minimum absolute atomic E-state index is 0.295. The number of nitrogens with zero attached hydrogens (tertiary/aromatic N) is 3. The molecule has 3 heterocycles. The average Bonchev–Trinajstić information content (AvgIpc) is 2.67. The minimum Gasteiger partial charge on any atom is -0.356 e. The van der Waals surface area contributed by atoms with Crippen molar-refractivity contribution in [1.82, 2.24) is 9.88 Å². The van der Waals surface area contributed by atoms with E-state index >= 15 is 0 Å². The summed E-state index contributed by atoms with van der Waals surface area (Å²) in [4.78, 5) is 11.8. The maximum Gasteiger partial charge on any atom is 0.0875 e. The molecule has 124 valence electrons. The number of pyridine rings is 1. The van der Waals surface area contributed by atoms with Crippen LogP contribution in [0.15, 0.2) is 77.2 Å². The number of benzene rings is 1. The quantitative estimate of drug-likeness (QED) is 0.739. The Balaban J connectivity index is 1.57. The molecule has 2 aromatic rings. The van der Waals surface area contributed by atoms with E-state index in [2.05, 4.69) is 58.6 Å². The second kappa shape index (κ2) is 6.19. The topological polar surface area (TPSA) is 28.5 Å². The molecule has 5 rings (SSSR count). The van der Waals surface area contributed by atoms with Crippen molar-refractivity contribution < 1.29 is 0 Å². The Morgan fingerprint density at radius 3 is 3.24 bits per heavy atom. The van der Waals surface area contributed by atoms with Crippen molar-refractivity contribution in [2.45, 2.75) is 18.9 Å². The molecule has 25 heavy (non-hydrogen) atoms. The number of aliphatic imine (C=N–C) groups is 1. The van der Waals surface area contributed by atoms with Gasteiger partial charge in [-0.3, -0.25) is 9.98 Å². The summed E-state index contributed by atoms with van der Waals surface area (Å²) in [6.07, 6.45) is 15.3. The van der Waals surface area contributed by atoms with Gasteiger partial charge in [0.05, 0.1) is 23.3 Å². The maximum absolute atomic E-state index is 5.10. The summed E-state index contributed by atoms with van der Waals surface area (Å²) >= 11 is 1.94. The molecular formula is C21H19N3S. The highest BCUT2D eigenvalue weighted by atomic mass is 32.2. The molecule has 0 N–H and O–H groups in total. The van der Waals surface area contributed by atoms with E-state index in [0.29, 0.717) is 6.04 Å². The number of rotatable bonds is 1. The molecular weight excluding hydrogens is 326 g/mol. The molecule has 1 aromatic heterocycles. The Bertz CT molecular complexity index is 949. The van der Waals surface area contributed by atoms with E-state index in [9.17, 15) is 0 Å². The number of fused-ring (bicyclic) bond motifs is 3. The molecule has 0 saturated carbocycles. The van der Waals surface area contributed by atoms with Crippen LogP contribution in [0, 0.1) is 0 Å². The number of hydrogen-bond donors (Lipinski definition) is 0.